The predicted molar refractivity (Wildman–Crippen MR) is 90.7 cm³/mol. The van der Waals surface area contributed by atoms with Crippen LogP contribution in [0.25, 0.3) is 32.9 Å². The molecule has 0 bridgehead atoms. The van der Waals surface area contributed by atoms with Gasteiger partial charge in [-0.05, 0) is 41.5 Å². The van der Waals surface area contributed by atoms with Crippen LogP contribution in [0.1, 0.15) is 0 Å². The lowest BCUT2D eigenvalue weighted by atomic mass is 10.0. The number of hydrogen-bond donors (Lipinski definition) is 2. The van der Waals surface area contributed by atoms with Gasteiger partial charge in [0.1, 0.15) is 0 Å². The monoisotopic (exact) mass is 292 g/mol. The molecule has 0 amide bonds. The van der Waals surface area contributed by atoms with E-state index in [-0.39, 0.29) is 0 Å². The van der Waals surface area contributed by atoms with E-state index in [1.165, 1.54) is 0 Å². The second-order valence-electron chi connectivity index (χ2n) is 5.17. The Kier molecular flexibility index (Phi) is 2.66. The number of nitrogens with one attached hydrogen (secondary N) is 1. The summed E-state index contributed by atoms with van der Waals surface area (Å²) in [5.41, 5.74) is 10.8. The maximum Gasteiger partial charge on any atom is 0.0512 e. The summed E-state index contributed by atoms with van der Waals surface area (Å²) in [6.45, 7) is 0. The molecule has 0 radical (unpaired) electrons. The first-order valence-electron chi connectivity index (χ1n) is 6.78. The number of aromatic nitrogens is 1. The largest absolute Gasteiger partial charge is 0.399 e. The van der Waals surface area contributed by atoms with Crippen LogP contribution in [-0.4, -0.2) is 4.98 Å². The maximum absolute atomic E-state index is 6.52. The molecule has 0 aliphatic carbocycles. The molecule has 1 heterocycles. The number of halogens is 1. The van der Waals surface area contributed by atoms with Crippen LogP contribution in [-0.2, 0) is 0 Å². The summed E-state index contributed by atoms with van der Waals surface area (Å²) in [5.74, 6) is 0. The molecule has 1 aromatic heterocycles. The van der Waals surface area contributed by atoms with Crippen LogP contribution < -0.4 is 5.73 Å². The molecular weight excluding hydrogens is 280 g/mol. The van der Waals surface area contributed by atoms with Gasteiger partial charge < -0.3 is 10.7 Å². The zero-order valence-corrected chi connectivity index (χ0v) is 12.0. The fourth-order valence-electron chi connectivity index (χ4n) is 2.78. The lowest BCUT2D eigenvalue weighted by Gasteiger charge is -2.04. The van der Waals surface area contributed by atoms with Crippen molar-refractivity contribution in [1.29, 1.82) is 0 Å². The summed E-state index contributed by atoms with van der Waals surface area (Å²) < 4.78 is 0. The molecule has 4 aromatic rings. The predicted octanol–water partition coefficient (Wildman–Crippen LogP) is 5.22. The van der Waals surface area contributed by atoms with Crippen LogP contribution in [0, 0.1) is 0 Å². The molecule has 0 unspecified atom stereocenters. The third-order valence-corrected chi connectivity index (χ3v) is 4.10. The van der Waals surface area contributed by atoms with Crippen molar-refractivity contribution in [3.63, 3.8) is 0 Å². The van der Waals surface area contributed by atoms with E-state index in [1.807, 2.05) is 42.5 Å². The van der Waals surface area contributed by atoms with E-state index in [0.29, 0.717) is 0 Å². The third-order valence-electron chi connectivity index (χ3n) is 3.80. The molecule has 21 heavy (non-hydrogen) atoms. The molecule has 102 valence electrons. The van der Waals surface area contributed by atoms with Crippen molar-refractivity contribution >= 4 is 39.1 Å². The first-order chi connectivity index (χ1) is 10.2. The minimum Gasteiger partial charge on any atom is -0.399 e. The first kappa shape index (κ1) is 12.3. The van der Waals surface area contributed by atoms with Crippen LogP contribution in [0.4, 0.5) is 5.69 Å². The highest BCUT2D eigenvalue weighted by molar-refractivity contribution is 6.38. The Balaban J connectivity index is 2.00. The second kappa shape index (κ2) is 4.54. The van der Waals surface area contributed by atoms with E-state index in [0.717, 1.165) is 43.6 Å². The number of para-hydroxylation sites is 1. The summed E-state index contributed by atoms with van der Waals surface area (Å²) in [4.78, 5) is 3.43. The van der Waals surface area contributed by atoms with Crippen molar-refractivity contribution < 1.29 is 0 Å². The average Bonchev–Trinajstić information content (AvgIpc) is 2.86. The van der Waals surface area contributed by atoms with Gasteiger partial charge in [-0.2, -0.15) is 0 Å². The van der Waals surface area contributed by atoms with Gasteiger partial charge in [0.15, 0.2) is 0 Å². The molecule has 3 N–H and O–H groups in total. The maximum atomic E-state index is 6.52. The summed E-state index contributed by atoms with van der Waals surface area (Å²) in [6.07, 6.45) is 0. The topological polar surface area (TPSA) is 41.8 Å². The van der Waals surface area contributed by atoms with Crippen molar-refractivity contribution in [3.8, 4) is 11.1 Å². The van der Waals surface area contributed by atoms with Crippen LogP contribution in [0.2, 0.25) is 5.02 Å². The molecule has 4 rings (SSSR count). The van der Waals surface area contributed by atoms with E-state index >= 15 is 0 Å². The summed E-state index contributed by atoms with van der Waals surface area (Å²) in [7, 11) is 0. The number of anilines is 1. The third kappa shape index (κ3) is 1.96. The van der Waals surface area contributed by atoms with E-state index in [4.69, 9.17) is 17.3 Å². The van der Waals surface area contributed by atoms with Crippen LogP contribution in [0.3, 0.4) is 0 Å². The fraction of sp³-hybridized carbons (Fsp3) is 0. The lowest BCUT2D eigenvalue weighted by molar-refractivity contribution is 1.54. The molecule has 3 heteroatoms. The van der Waals surface area contributed by atoms with Crippen molar-refractivity contribution in [1.82, 2.24) is 4.98 Å². The highest BCUT2D eigenvalue weighted by atomic mass is 35.5. The number of nitrogen functional groups attached to an aromatic ring is 1. The zero-order valence-electron chi connectivity index (χ0n) is 11.2. The van der Waals surface area contributed by atoms with Gasteiger partial charge in [-0.25, -0.2) is 0 Å². The van der Waals surface area contributed by atoms with Gasteiger partial charge >= 0.3 is 0 Å². The molecule has 0 aliphatic rings. The summed E-state index contributed by atoms with van der Waals surface area (Å²) >= 11 is 6.52. The number of nitrogens with two attached hydrogens (primary N) is 1. The normalized spacial score (nSPS) is 11.3. The Bertz CT molecular complexity index is 952. The van der Waals surface area contributed by atoms with Gasteiger partial charge in [-0.3, -0.25) is 0 Å². The quantitative estimate of drug-likeness (QED) is 0.464. The summed E-state index contributed by atoms with van der Waals surface area (Å²) in [5, 5.41) is 2.99. The van der Waals surface area contributed by atoms with Crippen molar-refractivity contribution in [2.24, 2.45) is 0 Å². The molecule has 2 nitrogen and oxygen atoms in total. The minimum atomic E-state index is 0.761. The Labute approximate surface area is 127 Å². The molecule has 0 atom stereocenters. The van der Waals surface area contributed by atoms with E-state index in [2.05, 4.69) is 23.2 Å². The number of H-pyrrole nitrogens is 1. The molecular formula is C18H13ClN2. The molecule has 0 spiro atoms. The first-order valence-corrected chi connectivity index (χ1v) is 7.16. The lowest BCUT2D eigenvalue weighted by Crippen LogP contribution is -1.84. The Morgan fingerprint density at radius 1 is 0.810 bits per heavy atom. The average molecular weight is 293 g/mol. The summed E-state index contributed by atoms with van der Waals surface area (Å²) in [6, 6.07) is 20.2. The Morgan fingerprint density at radius 2 is 1.57 bits per heavy atom. The van der Waals surface area contributed by atoms with Crippen molar-refractivity contribution in [3.05, 3.63) is 65.7 Å². The number of hydrogen-bond acceptors (Lipinski definition) is 1. The Morgan fingerprint density at radius 3 is 2.38 bits per heavy atom. The zero-order chi connectivity index (χ0) is 14.4. The smallest absolute Gasteiger partial charge is 0.0512 e. The standard InChI is InChI=1S/C18H13ClN2/c19-15-9-12(11-5-7-13(20)8-6-11)10-17-18(15)14-3-1-2-4-16(14)21-17/h1-10,21H,20H2. The second-order valence-corrected chi connectivity index (χ2v) is 5.58. The highest BCUT2D eigenvalue weighted by Gasteiger charge is 2.10. The SMILES string of the molecule is Nc1ccc(-c2cc(Cl)c3c(c2)[nH]c2ccccc23)cc1. The van der Waals surface area contributed by atoms with Gasteiger partial charge in [0.05, 0.1) is 5.02 Å². The van der Waals surface area contributed by atoms with Gasteiger partial charge in [0.25, 0.3) is 0 Å². The van der Waals surface area contributed by atoms with Gasteiger partial charge in [0, 0.05) is 27.5 Å². The van der Waals surface area contributed by atoms with E-state index in [1.54, 1.807) is 0 Å². The van der Waals surface area contributed by atoms with Crippen LogP contribution >= 0.6 is 11.6 Å². The van der Waals surface area contributed by atoms with Gasteiger partial charge in [0.2, 0.25) is 0 Å². The molecule has 0 aliphatic heterocycles. The van der Waals surface area contributed by atoms with Crippen LogP contribution in [0.5, 0.6) is 0 Å². The number of benzene rings is 3. The number of aromatic amines is 1. The molecule has 0 saturated carbocycles. The van der Waals surface area contributed by atoms with Crippen molar-refractivity contribution in [2.75, 3.05) is 5.73 Å². The number of fused-ring (bicyclic) bond motifs is 3. The van der Waals surface area contributed by atoms with Crippen molar-refractivity contribution in [2.45, 2.75) is 0 Å². The number of rotatable bonds is 1. The van der Waals surface area contributed by atoms with E-state index in [9.17, 15) is 0 Å². The molecule has 0 fully saturated rings. The minimum absolute atomic E-state index is 0.761. The van der Waals surface area contributed by atoms with Gasteiger partial charge in [-0.1, -0.05) is 41.9 Å². The Hall–Kier alpha value is -2.45. The van der Waals surface area contributed by atoms with Gasteiger partial charge in [-0.15, -0.1) is 0 Å². The highest BCUT2D eigenvalue weighted by Crippen LogP contribution is 2.35. The molecule has 3 aromatic carbocycles. The molecule has 0 saturated heterocycles. The fourth-order valence-corrected chi connectivity index (χ4v) is 3.10. The van der Waals surface area contributed by atoms with E-state index < -0.39 is 0 Å². The van der Waals surface area contributed by atoms with Crippen LogP contribution in [0.15, 0.2) is 60.7 Å².